The molecule has 0 heterocycles. The molecule has 1 aromatic carbocycles. The van der Waals surface area contributed by atoms with E-state index in [4.69, 9.17) is 0 Å². The Morgan fingerprint density at radius 2 is 2.10 bits per heavy atom. The molecule has 0 aliphatic rings. The molecule has 0 saturated carbocycles. The Balaban J connectivity index is 0. The van der Waals surface area contributed by atoms with Gasteiger partial charge in [-0.1, -0.05) is 0 Å². The predicted molar refractivity (Wildman–Crippen MR) is 43.5 cm³/mol. The van der Waals surface area contributed by atoms with E-state index >= 15 is 0 Å². The number of rotatable bonds is 1. The van der Waals surface area contributed by atoms with Gasteiger partial charge in [0, 0.05) is 0 Å². The first-order valence-electron chi connectivity index (χ1n) is 2.44. The van der Waals surface area contributed by atoms with E-state index in [-0.39, 0.29) is 24.5 Å². The van der Waals surface area contributed by atoms with Crippen LogP contribution in [0.4, 0.5) is 0 Å². The van der Waals surface area contributed by atoms with Crippen molar-refractivity contribution in [3.8, 4) is 0 Å². The first-order chi connectivity index (χ1) is 3.93. The normalized spacial score (nSPS) is 7.30. The van der Waals surface area contributed by atoms with Crippen molar-refractivity contribution < 1.29 is 17.1 Å². The second-order valence-electron chi connectivity index (χ2n) is 1.43. The zero-order valence-electron chi connectivity index (χ0n) is 6.02. The zero-order valence-corrected chi connectivity index (χ0v) is 7.78. The summed E-state index contributed by atoms with van der Waals surface area (Å²) in [7, 11) is 0. The maximum absolute atomic E-state index is 3.08. The summed E-state index contributed by atoms with van der Waals surface area (Å²) >= 11 is 1.71. The summed E-state index contributed by atoms with van der Waals surface area (Å²) < 4.78 is 0. The second-order valence-corrected chi connectivity index (χ2v) is 2.28. The Morgan fingerprint density at radius 3 is 2.40 bits per heavy atom. The van der Waals surface area contributed by atoms with Crippen molar-refractivity contribution in [2.75, 3.05) is 6.26 Å². The van der Waals surface area contributed by atoms with Crippen molar-refractivity contribution in [3.63, 3.8) is 0 Å². The minimum atomic E-state index is 0. The molecule has 1 radical (unpaired) electrons. The average Bonchev–Trinajstić information content (AvgIpc) is 1.90. The largest absolute Gasteiger partial charge is 2.00 e. The van der Waals surface area contributed by atoms with Gasteiger partial charge in [0.05, 0.1) is 0 Å². The fraction of sp³-hybridized carbons (Fsp3) is 0.125. The van der Waals surface area contributed by atoms with Crippen LogP contribution in [0.2, 0.25) is 0 Å². The van der Waals surface area contributed by atoms with E-state index in [0.29, 0.717) is 0 Å². The summed E-state index contributed by atoms with van der Waals surface area (Å²) in [5.41, 5.74) is 0. The first-order valence-corrected chi connectivity index (χ1v) is 3.66. The Labute approximate surface area is 77.9 Å². The fourth-order valence-corrected chi connectivity index (χ4v) is 0.904. The topological polar surface area (TPSA) is 0 Å². The number of hydrogen-bond acceptors (Lipinski definition) is 1. The van der Waals surface area contributed by atoms with Crippen LogP contribution in [0.5, 0.6) is 0 Å². The smallest absolute Gasteiger partial charge is 0.358 e. The van der Waals surface area contributed by atoms with Crippen LogP contribution in [-0.4, -0.2) is 6.26 Å². The third-order valence-corrected chi connectivity index (χ3v) is 1.59. The van der Waals surface area contributed by atoms with Crippen LogP contribution in [0.25, 0.3) is 0 Å². The van der Waals surface area contributed by atoms with Crippen molar-refractivity contribution in [3.05, 3.63) is 37.8 Å². The molecule has 0 N–H and O–H groups in total. The standard InChI is InChI=1S/C7H7S.CH3.Cu/c1-8-7-5-3-2-4-6-7;;/h2-5H,1H3;1H3;/q2*-1;+2. The van der Waals surface area contributed by atoms with Gasteiger partial charge >= 0.3 is 17.1 Å². The quantitative estimate of drug-likeness (QED) is 0.383. The van der Waals surface area contributed by atoms with Gasteiger partial charge < -0.3 is 7.43 Å². The third-order valence-electron chi connectivity index (χ3n) is 0.900. The number of hydrogen-bond donors (Lipinski definition) is 0. The van der Waals surface area contributed by atoms with E-state index in [1.807, 2.05) is 30.5 Å². The first kappa shape index (κ1) is 12.7. The Bertz CT molecular complexity index is 151. The van der Waals surface area contributed by atoms with Gasteiger partial charge in [-0.3, -0.25) is 0 Å². The van der Waals surface area contributed by atoms with Crippen molar-refractivity contribution in [2.45, 2.75) is 4.90 Å². The van der Waals surface area contributed by atoms with E-state index in [9.17, 15) is 0 Å². The predicted octanol–water partition coefficient (Wildman–Crippen LogP) is 2.66. The van der Waals surface area contributed by atoms with Crippen molar-refractivity contribution in [1.82, 2.24) is 0 Å². The summed E-state index contributed by atoms with van der Waals surface area (Å²) in [6.07, 6.45) is 2.05. The van der Waals surface area contributed by atoms with Crippen LogP contribution in [0.15, 0.2) is 29.2 Å². The SMILES string of the molecule is CSc1[c-]cccc1.[CH3-].[Cu+2]. The van der Waals surface area contributed by atoms with E-state index in [0.717, 1.165) is 0 Å². The van der Waals surface area contributed by atoms with E-state index in [1.54, 1.807) is 11.8 Å². The summed E-state index contributed by atoms with van der Waals surface area (Å²) in [5.74, 6) is 0. The molecule has 0 atom stereocenters. The summed E-state index contributed by atoms with van der Waals surface area (Å²) in [6, 6.07) is 11.0. The van der Waals surface area contributed by atoms with Crippen LogP contribution in [-0.2, 0) is 17.1 Å². The van der Waals surface area contributed by atoms with Gasteiger partial charge in [-0.25, -0.2) is 0 Å². The Kier molecular flexibility index (Phi) is 9.17. The molecule has 0 saturated heterocycles. The van der Waals surface area contributed by atoms with Crippen LogP contribution >= 0.6 is 11.8 Å². The zero-order chi connectivity index (χ0) is 5.82. The maximum Gasteiger partial charge on any atom is 2.00 e. The molecule has 0 aromatic heterocycles. The molecule has 10 heavy (non-hydrogen) atoms. The minimum absolute atomic E-state index is 0. The molecule has 0 fully saturated rings. The summed E-state index contributed by atoms with van der Waals surface area (Å²) in [4.78, 5) is 1.20. The molecule has 0 nitrogen and oxygen atoms in total. The number of benzene rings is 1. The van der Waals surface area contributed by atoms with Crippen LogP contribution < -0.4 is 0 Å². The molecule has 0 bridgehead atoms. The van der Waals surface area contributed by atoms with Gasteiger partial charge in [0.2, 0.25) is 0 Å². The average molecular weight is 202 g/mol. The van der Waals surface area contributed by atoms with Gasteiger partial charge in [0.1, 0.15) is 0 Å². The van der Waals surface area contributed by atoms with E-state index in [1.165, 1.54) is 4.90 Å². The molecular formula is C8H10CuS. The van der Waals surface area contributed by atoms with Crippen molar-refractivity contribution >= 4 is 11.8 Å². The Hall–Kier alpha value is 0.0895. The van der Waals surface area contributed by atoms with Crippen LogP contribution in [0.3, 0.4) is 0 Å². The molecule has 0 aliphatic heterocycles. The van der Waals surface area contributed by atoms with Gasteiger partial charge in [0.15, 0.2) is 0 Å². The molecule has 0 amide bonds. The monoisotopic (exact) mass is 201 g/mol. The molecule has 2 heteroatoms. The van der Waals surface area contributed by atoms with Crippen molar-refractivity contribution in [1.29, 1.82) is 0 Å². The molecular weight excluding hydrogens is 192 g/mol. The molecule has 0 unspecified atom stereocenters. The van der Waals surface area contributed by atoms with Gasteiger partial charge in [0.25, 0.3) is 0 Å². The van der Waals surface area contributed by atoms with Gasteiger partial charge in [-0.05, 0) is 6.26 Å². The Morgan fingerprint density at radius 1 is 1.40 bits per heavy atom. The fourth-order valence-electron chi connectivity index (χ4n) is 0.504. The van der Waals surface area contributed by atoms with Gasteiger partial charge in [-0.15, -0.1) is 4.90 Å². The van der Waals surface area contributed by atoms with E-state index < -0.39 is 0 Å². The molecule has 0 aliphatic carbocycles. The number of thioether (sulfide) groups is 1. The third kappa shape index (κ3) is 3.99. The summed E-state index contributed by atoms with van der Waals surface area (Å²) in [5, 5.41) is 0. The molecule has 0 spiro atoms. The molecule has 1 rings (SSSR count). The molecule has 59 valence electrons. The molecule has 1 aromatic rings. The maximum atomic E-state index is 3.08. The minimum Gasteiger partial charge on any atom is -0.358 e. The van der Waals surface area contributed by atoms with Crippen LogP contribution in [0.1, 0.15) is 0 Å². The van der Waals surface area contributed by atoms with Gasteiger partial charge in [-0.2, -0.15) is 42.1 Å². The second kappa shape index (κ2) is 7.20. The van der Waals surface area contributed by atoms with Crippen molar-refractivity contribution in [2.24, 2.45) is 0 Å². The van der Waals surface area contributed by atoms with E-state index in [2.05, 4.69) is 6.07 Å². The van der Waals surface area contributed by atoms with Crippen LogP contribution in [0, 0.1) is 13.5 Å². The summed E-state index contributed by atoms with van der Waals surface area (Å²) in [6.45, 7) is 0.